The van der Waals surface area contributed by atoms with Gasteiger partial charge in [-0.1, -0.05) is 11.6 Å². The van der Waals surface area contributed by atoms with Gasteiger partial charge in [0, 0.05) is 39.3 Å². The molecule has 1 aliphatic carbocycles. The van der Waals surface area contributed by atoms with Crippen molar-refractivity contribution in [2.24, 2.45) is 0 Å². The molecule has 1 aliphatic heterocycles. The topological polar surface area (TPSA) is 90.3 Å². The standard InChI is InChI=1S/C18H21ClN2O5/c1-2-26-10-9-20-5-7-21(8-6-20)16-15(19)17(24)13-11(22)3-4-12(23)14(13)18(16)25/h3-4,22-23H,2,5-10H2,1H3. The van der Waals surface area contributed by atoms with Crippen LogP contribution in [0.5, 0.6) is 11.5 Å². The van der Waals surface area contributed by atoms with E-state index in [0.29, 0.717) is 39.4 Å². The number of piperazine rings is 1. The van der Waals surface area contributed by atoms with Crippen molar-refractivity contribution in [2.45, 2.75) is 6.92 Å². The zero-order valence-corrected chi connectivity index (χ0v) is 15.3. The van der Waals surface area contributed by atoms with Crippen LogP contribution in [0.2, 0.25) is 0 Å². The first-order chi connectivity index (χ1) is 12.5. The quantitative estimate of drug-likeness (QED) is 0.592. The molecule has 1 saturated heterocycles. The maximum absolute atomic E-state index is 12.9. The SMILES string of the molecule is CCOCCN1CCN(C2=C(Cl)C(=O)c3c(O)ccc(O)c3C2=O)CC1. The van der Waals surface area contributed by atoms with Crippen LogP contribution in [0.1, 0.15) is 27.6 Å². The molecule has 0 bridgehead atoms. The predicted octanol–water partition coefficient (Wildman–Crippen LogP) is 1.58. The first kappa shape index (κ1) is 18.7. The van der Waals surface area contributed by atoms with Gasteiger partial charge in [-0.2, -0.15) is 0 Å². The fraction of sp³-hybridized carbons (Fsp3) is 0.444. The van der Waals surface area contributed by atoms with Crippen molar-refractivity contribution in [2.75, 3.05) is 45.9 Å². The molecule has 0 amide bonds. The lowest BCUT2D eigenvalue weighted by Gasteiger charge is -2.38. The Kier molecular flexibility index (Phi) is 5.50. The predicted molar refractivity (Wildman–Crippen MR) is 95.8 cm³/mol. The number of nitrogens with zero attached hydrogens (tertiary/aromatic N) is 2. The molecule has 1 heterocycles. The monoisotopic (exact) mass is 380 g/mol. The van der Waals surface area contributed by atoms with Crippen molar-refractivity contribution in [1.29, 1.82) is 0 Å². The zero-order chi connectivity index (χ0) is 18.8. The van der Waals surface area contributed by atoms with Gasteiger partial charge in [0.05, 0.1) is 17.7 Å². The first-order valence-electron chi connectivity index (χ1n) is 8.54. The maximum Gasteiger partial charge on any atom is 0.215 e. The highest BCUT2D eigenvalue weighted by molar-refractivity contribution is 6.50. The second-order valence-corrected chi connectivity index (χ2v) is 6.58. The minimum absolute atomic E-state index is 0.0922. The lowest BCUT2D eigenvalue weighted by Crippen LogP contribution is -2.48. The largest absolute Gasteiger partial charge is 0.507 e. The van der Waals surface area contributed by atoms with Crippen LogP contribution in [-0.4, -0.2) is 77.5 Å². The Morgan fingerprint density at radius 3 is 2.19 bits per heavy atom. The van der Waals surface area contributed by atoms with Crippen LogP contribution in [-0.2, 0) is 4.74 Å². The number of ketones is 2. The van der Waals surface area contributed by atoms with Gasteiger partial charge in [0.25, 0.3) is 0 Å². The molecule has 8 heteroatoms. The number of ether oxygens (including phenoxy) is 1. The second-order valence-electron chi connectivity index (χ2n) is 6.20. The highest BCUT2D eigenvalue weighted by Gasteiger charge is 2.38. The van der Waals surface area contributed by atoms with Crippen LogP contribution in [0, 0.1) is 0 Å². The van der Waals surface area contributed by atoms with Gasteiger partial charge in [0.15, 0.2) is 0 Å². The fourth-order valence-corrected chi connectivity index (χ4v) is 3.59. The smallest absolute Gasteiger partial charge is 0.215 e. The van der Waals surface area contributed by atoms with E-state index in [4.69, 9.17) is 16.3 Å². The van der Waals surface area contributed by atoms with E-state index in [1.807, 2.05) is 6.92 Å². The average Bonchev–Trinajstić information content (AvgIpc) is 2.63. The number of fused-ring (bicyclic) bond motifs is 1. The number of carbonyl (C=O) groups is 2. The molecule has 3 rings (SSSR count). The van der Waals surface area contributed by atoms with Gasteiger partial charge in [-0.3, -0.25) is 14.5 Å². The summed E-state index contributed by atoms with van der Waals surface area (Å²) < 4.78 is 5.36. The van der Waals surface area contributed by atoms with Crippen molar-refractivity contribution in [3.63, 3.8) is 0 Å². The molecule has 0 unspecified atom stereocenters. The molecule has 1 aromatic carbocycles. The number of aromatic hydroxyl groups is 2. The third-order valence-corrected chi connectivity index (χ3v) is 5.03. The number of benzene rings is 1. The van der Waals surface area contributed by atoms with Crippen LogP contribution in [0.25, 0.3) is 0 Å². The molecule has 140 valence electrons. The highest BCUT2D eigenvalue weighted by atomic mass is 35.5. The van der Waals surface area contributed by atoms with Crippen molar-refractivity contribution >= 4 is 23.2 Å². The number of hydrogen-bond acceptors (Lipinski definition) is 7. The molecule has 2 aliphatic rings. The molecular weight excluding hydrogens is 360 g/mol. The van der Waals surface area contributed by atoms with Gasteiger partial charge in [0.2, 0.25) is 11.6 Å². The van der Waals surface area contributed by atoms with Crippen LogP contribution >= 0.6 is 11.6 Å². The number of phenols is 2. The summed E-state index contributed by atoms with van der Waals surface area (Å²) in [6.45, 7) is 6.56. The van der Waals surface area contributed by atoms with E-state index in [-0.39, 0.29) is 33.4 Å². The summed E-state index contributed by atoms with van der Waals surface area (Å²) in [5, 5.41) is 19.8. The minimum atomic E-state index is -0.650. The van der Waals surface area contributed by atoms with Gasteiger partial charge in [-0.05, 0) is 19.1 Å². The van der Waals surface area contributed by atoms with Crippen LogP contribution in [0.4, 0.5) is 0 Å². The molecular formula is C18H21ClN2O5. The number of phenolic OH excluding ortho intramolecular Hbond substituents is 2. The lowest BCUT2D eigenvalue weighted by atomic mass is 9.90. The third-order valence-electron chi connectivity index (χ3n) is 4.68. The Labute approximate surface area is 156 Å². The van der Waals surface area contributed by atoms with Crippen molar-refractivity contribution in [1.82, 2.24) is 9.80 Å². The molecule has 0 aromatic heterocycles. The van der Waals surface area contributed by atoms with Gasteiger partial charge < -0.3 is 19.8 Å². The van der Waals surface area contributed by atoms with E-state index in [2.05, 4.69) is 4.90 Å². The summed E-state index contributed by atoms with van der Waals surface area (Å²) in [5.74, 6) is -1.90. The summed E-state index contributed by atoms with van der Waals surface area (Å²) >= 11 is 6.19. The molecule has 0 radical (unpaired) electrons. The minimum Gasteiger partial charge on any atom is -0.507 e. The van der Waals surface area contributed by atoms with E-state index in [1.54, 1.807) is 4.90 Å². The Balaban J connectivity index is 1.81. The van der Waals surface area contributed by atoms with Crippen molar-refractivity contribution in [3.05, 3.63) is 34.0 Å². The Bertz CT molecular complexity index is 769. The maximum atomic E-state index is 12.9. The second kappa shape index (κ2) is 7.65. The third kappa shape index (κ3) is 3.30. The normalized spacial score (nSPS) is 18.5. The summed E-state index contributed by atoms with van der Waals surface area (Å²) in [6.07, 6.45) is 0. The van der Waals surface area contributed by atoms with Gasteiger partial charge in [0.1, 0.15) is 22.2 Å². The van der Waals surface area contributed by atoms with Gasteiger partial charge in [-0.25, -0.2) is 0 Å². The van der Waals surface area contributed by atoms with E-state index in [1.165, 1.54) is 12.1 Å². The summed E-state index contributed by atoms with van der Waals surface area (Å²) in [5.41, 5.74) is -0.332. The zero-order valence-electron chi connectivity index (χ0n) is 14.5. The number of Topliss-reactive ketones (excluding diaryl/α,β-unsaturated/α-hetero) is 2. The Morgan fingerprint density at radius 1 is 1.04 bits per heavy atom. The fourth-order valence-electron chi connectivity index (χ4n) is 3.29. The molecule has 2 N–H and O–H groups in total. The van der Waals surface area contributed by atoms with Gasteiger partial charge in [-0.15, -0.1) is 0 Å². The van der Waals surface area contributed by atoms with Crippen molar-refractivity contribution in [3.8, 4) is 11.5 Å². The number of carbonyl (C=O) groups excluding carboxylic acids is 2. The molecule has 1 aromatic rings. The summed E-state index contributed by atoms with van der Waals surface area (Å²) in [6, 6.07) is 2.37. The van der Waals surface area contributed by atoms with E-state index in [9.17, 15) is 19.8 Å². The first-order valence-corrected chi connectivity index (χ1v) is 8.92. The number of rotatable bonds is 5. The number of hydrogen-bond donors (Lipinski definition) is 2. The molecule has 7 nitrogen and oxygen atoms in total. The summed E-state index contributed by atoms with van der Waals surface area (Å²) in [7, 11) is 0. The van der Waals surface area contributed by atoms with Gasteiger partial charge >= 0.3 is 0 Å². The van der Waals surface area contributed by atoms with Crippen LogP contribution < -0.4 is 0 Å². The highest BCUT2D eigenvalue weighted by Crippen LogP contribution is 2.39. The molecule has 0 spiro atoms. The molecule has 1 fully saturated rings. The number of allylic oxidation sites excluding steroid dienone is 2. The van der Waals surface area contributed by atoms with E-state index >= 15 is 0 Å². The molecule has 0 atom stereocenters. The molecule has 0 saturated carbocycles. The number of halogens is 1. The molecule has 26 heavy (non-hydrogen) atoms. The summed E-state index contributed by atoms with van der Waals surface area (Å²) in [4.78, 5) is 29.4. The average molecular weight is 381 g/mol. The van der Waals surface area contributed by atoms with Crippen LogP contribution in [0.15, 0.2) is 22.9 Å². The Hall–Kier alpha value is -2.09. The van der Waals surface area contributed by atoms with Crippen molar-refractivity contribution < 1.29 is 24.5 Å². The Morgan fingerprint density at radius 2 is 1.62 bits per heavy atom. The van der Waals surface area contributed by atoms with E-state index < -0.39 is 11.6 Å². The van der Waals surface area contributed by atoms with Crippen LogP contribution in [0.3, 0.4) is 0 Å². The van der Waals surface area contributed by atoms with E-state index in [0.717, 1.165) is 6.54 Å². The lowest BCUT2D eigenvalue weighted by molar-refractivity contribution is 0.0807.